The van der Waals surface area contributed by atoms with Crippen molar-refractivity contribution in [3.05, 3.63) is 28.8 Å². The molecule has 0 atom stereocenters. The van der Waals surface area contributed by atoms with E-state index in [9.17, 15) is 14.7 Å². The van der Waals surface area contributed by atoms with Gasteiger partial charge in [0.2, 0.25) is 11.8 Å². The predicted molar refractivity (Wildman–Crippen MR) is 112 cm³/mol. The number of amides is 2. The SMILES string of the molecule is CC1(C)NC(C)(C)C(=O)N(Cc2cc(C(C)(C)C)c(O)c(C(C)(C)C)c2)C1=O. The van der Waals surface area contributed by atoms with Crippen LogP contribution < -0.4 is 5.32 Å². The highest BCUT2D eigenvalue weighted by molar-refractivity contribution is 6.06. The summed E-state index contributed by atoms with van der Waals surface area (Å²) in [5.41, 5.74) is 0.309. The minimum Gasteiger partial charge on any atom is -0.507 e. The van der Waals surface area contributed by atoms with Gasteiger partial charge in [-0.1, -0.05) is 41.5 Å². The highest BCUT2D eigenvalue weighted by Crippen LogP contribution is 2.40. The van der Waals surface area contributed by atoms with E-state index in [1.54, 1.807) is 27.7 Å². The van der Waals surface area contributed by atoms with Gasteiger partial charge in [0.15, 0.2) is 0 Å². The first-order chi connectivity index (χ1) is 12.4. The number of phenols is 1. The molecule has 1 aliphatic heterocycles. The van der Waals surface area contributed by atoms with Crippen molar-refractivity contribution in [1.29, 1.82) is 0 Å². The second-order valence-electron chi connectivity index (χ2n) is 11.1. The number of hydrogen-bond donors (Lipinski definition) is 2. The molecule has 5 heteroatoms. The lowest BCUT2D eigenvalue weighted by Crippen LogP contribution is -2.72. The van der Waals surface area contributed by atoms with Crippen LogP contribution in [0.15, 0.2) is 12.1 Å². The molecule has 0 saturated carbocycles. The van der Waals surface area contributed by atoms with Crippen molar-refractivity contribution in [2.24, 2.45) is 0 Å². The Morgan fingerprint density at radius 2 is 1.21 bits per heavy atom. The standard InChI is InChI=1S/C23H36N2O3/c1-20(2,3)15-11-14(12-16(17(15)26)21(4,5)6)13-25-18(27)22(7,8)24-23(9,10)19(25)28/h11-12,24,26H,13H2,1-10H3. The average Bonchev–Trinajstić information content (AvgIpc) is 2.48. The molecule has 28 heavy (non-hydrogen) atoms. The molecular formula is C23H36N2O3. The van der Waals surface area contributed by atoms with Crippen LogP contribution in [-0.2, 0) is 27.0 Å². The summed E-state index contributed by atoms with van der Waals surface area (Å²) < 4.78 is 0. The minimum absolute atomic E-state index is 0.193. The van der Waals surface area contributed by atoms with E-state index < -0.39 is 11.1 Å². The average molecular weight is 389 g/mol. The Bertz CT molecular complexity index is 747. The molecule has 1 heterocycles. The van der Waals surface area contributed by atoms with Gasteiger partial charge in [0, 0.05) is 0 Å². The number of benzene rings is 1. The number of rotatable bonds is 2. The van der Waals surface area contributed by atoms with E-state index in [2.05, 4.69) is 5.32 Å². The van der Waals surface area contributed by atoms with Gasteiger partial charge in [-0.3, -0.25) is 19.8 Å². The number of carbonyl (C=O) groups excluding carboxylic acids is 2. The topological polar surface area (TPSA) is 69.6 Å². The second-order valence-corrected chi connectivity index (χ2v) is 11.1. The van der Waals surface area contributed by atoms with Crippen LogP contribution in [0.1, 0.15) is 85.9 Å². The highest BCUT2D eigenvalue weighted by Gasteiger charge is 2.49. The summed E-state index contributed by atoms with van der Waals surface area (Å²) in [7, 11) is 0. The number of hydrogen-bond acceptors (Lipinski definition) is 4. The Kier molecular flexibility index (Phi) is 5.27. The van der Waals surface area contributed by atoms with Gasteiger partial charge < -0.3 is 5.11 Å². The molecule has 0 unspecified atom stereocenters. The van der Waals surface area contributed by atoms with E-state index >= 15 is 0 Å². The number of nitrogens with zero attached hydrogens (tertiary/aromatic N) is 1. The second kappa shape index (κ2) is 6.58. The molecule has 1 aromatic carbocycles. The molecule has 2 amide bonds. The number of phenolic OH excluding ortho intramolecular Hbond substituents is 1. The summed E-state index contributed by atoms with van der Waals surface area (Å²) >= 11 is 0. The number of nitrogens with one attached hydrogen (secondary N) is 1. The molecule has 1 aromatic rings. The molecule has 5 nitrogen and oxygen atoms in total. The van der Waals surface area contributed by atoms with Crippen LogP contribution in [0, 0.1) is 0 Å². The van der Waals surface area contributed by atoms with Crippen molar-refractivity contribution in [3.63, 3.8) is 0 Å². The van der Waals surface area contributed by atoms with Crippen LogP contribution in [0.25, 0.3) is 0 Å². The Balaban J connectivity index is 2.59. The van der Waals surface area contributed by atoms with Crippen molar-refractivity contribution < 1.29 is 14.7 Å². The zero-order chi connectivity index (χ0) is 21.9. The van der Waals surface area contributed by atoms with Gasteiger partial charge in [-0.25, -0.2) is 0 Å². The summed E-state index contributed by atoms with van der Waals surface area (Å²) in [6.07, 6.45) is 0. The lowest BCUT2D eigenvalue weighted by molar-refractivity contribution is -0.160. The van der Waals surface area contributed by atoms with Crippen LogP contribution in [0.2, 0.25) is 0 Å². The fraction of sp³-hybridized carbons (Fsp3) is 0.652. The summed E-state index contributed by atoms with van der Waals surface area (Å²) in [5.74, 6) is -0.179. The number of carbonyl (C=O) groups is 2. The Morgan fingerprint density at radius 1 is 0.857 bits per heavy atom. The molecule has 0 aliphatic carbocycles. The molecule has 0 radical (unpaired) electrons. The van der Waals surface area contributed by atoms with Gasteiger partial charge in [0.25, 0.3) is 0 Å². The third-order valence-corrected chi connectivity index (χ3v) is 5.31. The Hall–Kier alpha value is -1.88. The van der Waals surface area contributed by atoms with E-state index in [4.69, 9.17) is 0 Å². The molecule has 0 spiro atoms. The maximum Gasteiger partial charge on any atom is 0.249 e. The Labute approximate surface area is 169 Å². The van der Waals surface area contributed by atoms with Gasteiger partial charge in [-0.2, -0.15) is 0 Å². The fourth-order valence-corrected chi connectivity index (χ4v) is 3.91. The molecule has 0 aromatic heterocycles. The molecule has 0 bridgehead atoms. The van der Waals surface area contributed by atoms with Crippen LogP contribution in [-0.4, -0.2) is 32.9 Å². The van der Waals surface area contributed by atoms with E-state index in [-0.39, 0.29) is 29.2 Å². The number of piperazine rings is 1. The van der Waals surface area contributed by atoms with Crippen molar-refractivity contribution in [3.8, 4) is 5.75 Å². The van der Waals surface area contributed by atoms with Crippen LogP contribution in [0.3, 0.4) is 0 Å². The molecule has 1 fully saturated rings. The monoisotopic (exact) mass is 388 g/mol. The first-order valence-corrected chi connectivity index (χ1v) is 9.90. The first kappa shape index (κ1) is 22.4. The van der Waals surface area contributed by atoms with Gasteiger partial charge in [0.1, 0.15) is 5.75 Å². The lowest BCUT2D eigenvalue weighted by Gasteiger charge is -2.45. The molecule has 156 valence electrons. The number of imide groups is 1. The van der Waals surface area contributed by atoms with Crippen molar-refractivity contribution in [2.45, 2.75) is 97.7 Å². The molecule has 2 rings (SSSR count). The van der Waals surface area contributed by atoms with Crippen LogP contribution >= 0.6 is 0 Å². The maximum absolute atomic E-state index is 13.0. The third kappa shape index (κ3) is 4.09. The molecular weight excluding hydrogens is 352 g/mol. The van der Waals surface area contributed by atoms with Crippen molar-refractivity contribution >= 4 is 11.8 Å². The minimum atomic E-state index is -0.825. The van der Waals surface area contributed by atoms with Gasteiger partial charge in [-0.15, -0.1) is 0 Å². The molecule has 1 aliphatic rings. The van der Waals surface area contributed by atoms with Crippen LogP contribution in [0.4, 0.5) is 0 Å². The third-order valence-electron chi connectivity index (χ3n) is 5.31. The zero-order valence-electron chi connectivity index (χ0n) is 19.1. The normalized spacial score (nSPS) is 19.9. The summed E-state index contributed by atoms with van der Waals surface area (Å²) in [5, 5.41) is 14.0. The maximum atomic E-state index is 13.0. The van der Waals surface area contributed by atoms with Crippen molar-refractivity contribution in [1.82, 2.24) is 10.2 Å². The first-order valence-electron chi connectivity index (χ1n) is 9.90. The zero-order valence-corrected chi connectivity index (χ0v) is 19.1. The molecule has 1 saturated heterocycles. The van der Waals surface area contributed by atoms with E-state index in [0.29, 0.717) is 5.75 Å². The summed E-state index contributed by atoms with van der Waals surface area (Å²) in [6, 6.07) is 3.85. The predicted octanol–water partition coefficient (Wildman–Crippen LogP) is 4.00. The van der Waals surface area contributed by atoms with E-state index in [1.807, 2.05) is 53.7 Å². The van der Waals surface area contributed by atoms with Crippen molar-refractivity contribution in [2.75, 3.05) is 0 Å². The summed E-state index contributed by atoms with van der Waals surface area (Å²) in [6.45, 7) is 19.7. The smallest absolute Gasteiger partial charge is 0.249 e. The van der Waals surface area contributed by atoms with E-state index in [0.717, 1.165) is 16.7 Å². The molecule has 2 N–H and O–H groups in total. The number of aromatic hydroxyl groups is 1. The lowest BCUT2D eigenvalue weighted by atomic mass is 9.78. The van der Waals surface area contributed by atoms with Crippen LogP contribution in [0.5, 0.6) is 5.75 Å². The van der Waals surface area contributed by atoms with E-state index in [1.165, 1.54) is 4.90 Å². The van der Waals surface area contributed by atoms with Gasteiger partial charge in [-0.05, 0) is 67.3 Å². The fourth-order valence-electron chi connectivity index (χ4n) is 3.91. The quantitative estimate of drug-likeness (QED) is 0.751. The largest absolute Gasteiger partial charge is 0.507 e. The summed E-state index contributed by atoms with van der Waals surface area (Å²) in [4.78, 5) is 27.3. The van der Waals surface area contributed by atoms with Gasteiger partial charge in [0.05, 0.1) is 17.6 Å². The van der Waals surface area contributed by atoms with Gasteiger partial charge >= 0.3 is 0 Å². The Morgan fingerprint density at radius 3 is 1.54 bits per heavy atom. The highest BCUT2D eigenvalue weighted by atomic mass is 16.3.